The van der Waals surface area contributed by atoms with Crippen LogP contribution < -0.4 is 4.74 Å². The van der Waals surface area contributed by atoms with Gasteiger partial charge in [0.15, 0.2) is 0 Å². The van der Waals surface area contributed by atoms with Crippen LogP contribution in [0.15, 0.2) is 35.9 Å². The van der Waals surface area contributed by atoms with Crippen LogP contribution in [0.1, 0.15) is 51.0 Å². The number of methoxy groups -OCH3 is 1. The Hall–Kier alpha value is -1.28. The molecule has 0 bridgehead atoms. The fraction of sp³-hybridized carbons (Fsp3) is 0.556. The van der Waals surface area contributed by atoms with Gasteiger partial charge < -0.3 is 9.84 Å². The van der Waals surface area contributed by atoms with Gasteiger partial charge in [0.05, 0.1) is 12.7 Å². The van der Waals surface area contributed by atoms with Gasteiger partial charge >= 0.3 is 0 Å². The molecule has 1 aliphatic rings. The fourth-order valence-corrected chi connectivity index (χ4v) is 2.94. The van der Waals surface area contributed by atoms with Crippen molar-refractivity contribution < 1.29 is 9.84 Å². The summed E-state index contributed by atoms with van der Waals surface area (Å²) in [7, 11) is 1.67. The summed E-state index contributed by atoms with van der Waals surface area (Å²) < 4.78 is 5.17. The first kappa shape index (κ1) is 15.1. The summed E-state index contributed by atoms with van der Waals surface area (Å²) in [5.74, 6) is 0.860. The minimum absolute atomic E-state index is 0.669. The van der Waals surface area contributed by atoms with Crippen molar-refractivity contribution in [3.8, 4) is 5.75 Å². The maximum absolute atomic E-state index is 10.8. The second-order valence-corrected chi connectivity index (χ2v) is 5.98. The second-order valence-electron chi connectivity index (χ2n) is 5.98. The molecule has 2 nitrogen and oxygen atoms in total. The molecule has 0 aromatic heterocycles. The maximum atomic E-state index is 10.8. The molecule has 2 heteroatoms. The van der Waals surface area contributed by atoms with Crippen molar-refractivity contribution in [2.45, 2.75) is 57.5 Å². The van der Waals surface area contributed by atoms with Gasteiger partial charge in [-0.2, -0.15) is 0 Å². The van der Waals surface area contributed by atoms with Gasteiger partial charge in [-0.05, 0) is 55.9 Å². The third-order valence-electron chi connectivity index (χ3n) is 4.19. The molecular formula is C18H26O2. The highest BCUT2D eigenvalue weighted by Crippen LogP contribution is 2.29. The molecule has 0 aliphatic heterocycles. The number of allylic oxidation sites excluding steroid dienone is 1. The minimum Gasteiger partial charge on any atom is -0.497 e. The van der Waals surface area contributed by atoms with E-state index in [1.807, 2.05) is 31.2 Å². The minimum atomic E-state index is -0.730. The van der Waals surface area contributed by atoms with Gasteiger partial charge in [-0.15, -0.1) is 0 Å². The quantitative estimate of drug-likeness (QED) is 0.831. The van der Waals surface area contributed by atoms with Crippen LogP contribution in [0.4, 0.5) is 0 Å². The Balaban J connectivity index is 2.07. The van der Waals surface area contributed by atoms with Gasteiger partial charge in [-0.1, -0.05) is 31.1 Å². The Kier molecular flexibility index (Phi) is 5.24. The SMILES string of the molecule is COc1ccc(CC(C)(O)/C2=C/CCCCCC2)cc1. The van der Waals surface area contributed by atoms with E-state index in [0.717, 1.165) is 24.2 Å². The van der Waals surface area contributed by atoms with E-state index in [9.17, 15) is 5.11 Å². The first-order valence-corrected chi connectivity index (χ1v) is 7.66. The molecule has 110 valence electrons. The molecule has 1 aliphatic carbocycles. The van der Waals surface area contributed by atoms with Crippen LogP contribution in [0.5, 0.6) is 5.75 Å². The zero-order valence-corrected chi connectivity index (χ0v) is 12.7. The summed E-state index contributed by atoms with van der Waals surface area (Å²) in [4.78, 5) is 0. The summed E-state index contributed by atoms with van der Waals surface area (Å²) in [5.41, 5.74) is 1.64. The van der Waals surface area contributed by atoms with Gasteiger partial charge in [0.25, 0.3) is 0 Å². The van der Waals surface area contributed by atoms with Gasteiger partial charge in [0.1, 0.15) is 5.75 Å². The summed E-state index contributed by atoms with van der Waals surface area (Å²) in [6.07, 6.45) is 10.1. The van der Waals surface area contributed by atoms with E-state index in [1.165, 1.54) is 31.3 Å². The Bertz CT molecular complexity index is 443. The highest BCUT2D eigenvalue weighted by atomic mass is 16.5. The number of ether oxygens (including phenoxy) is 1. The molecule has 20 heavy (non-hydrogen) atoms. The van der Waals surface area contributed by atoms with Crippen LogP contribution in [0.25, 0.3) is 0 Å². The zero-order chi connectivity index (χ0) is 14.4. The lowest BCUT2D eigenvalue weighted by atomic mass is 9.84. The van der Waals surface area contributed by atoms with Crippen molar-refractivity contribution in [1.82, 2.24) is 0 Å². The molecule has 1 atom stereocenters. The Labute approximate surface area is 122 Å². The third kappa shape index (κ3) is 4.11. The van der Waals surface area contributed by atoms with E-state index in [4.69, 9.17) is 4.74 Å². The monoisotopic (exact) mass is 274 g/mol. The van der Waals surface area contributed by atoms with Crippen molar-refractivity contribution in [1.29, 1.82) is 0 Å². The normalized spacial score (nSPS) is 22.1. The van der Waals surface area contributed by atoms with Gasteiger partial charge in [-0.25, -0.2) is 0 Å². The first-order chi connectivity index (χ1) is 9.62. The molecule has 1 N–H and O–H groups in total. The highest BCUT2D eigenvalue weighted by Gasteiger charge is 2.26. The highest BCUT2D eigenvalue weighted by molar-refractivity contribution is 5.30. The smallest absolute Gasteiger partial charge is 0.118 e. The average molecular weight is 274 g/mol. The maximum Gasteiger partial charge on any atom is 0.118 e. The van der Waals surface area contributed by atoms with Gasteiger partial charge in [-0.3, -0.25) is 0 Å². The van der Waals surface area contributed by atoms with Crippen molar-refractivity contribution in [2.24, 2.45) is 0 Å². The van der Waals surface area contributed by atoms with Crippen molar-refractivity contribution in [2.75, 3.05) is 7.11 Å². The second kappa shape index (κ2) is 6.94. The number of hydrogen-bond donors (Lipinski definition) is 1. The largest absolute Gasteiger partial charge is 0.497 e. The number of hydrogen-bond acceptors (Lipinski definition) is 2. The molecule has 0 radical (unpaired) electrons. The molecule has 1 aromatic carbocycles. The van der Waals surface area contributed by atoms with Crippen LogP contribution >= 0.6 is 0 Å². The van der Waals surface area contributed by atoms with Crippen LogP contribution in [0, 0.1) is 0 Å². The molecule has 0 saturated heterocycles. The van der Waals surface area contributed by atoms with E-state index < -0.39 is 5.60 Å². The van der Waals surface area contributed by atoms with Crippen molar-refractivity contribution >= 4 is 0 Å². The van der Waals surface area contributed by atoms with E-state index in [0.29, 0.717) is 6.42 Å². The zero-order valence-electron chi connectivity index (χ0n) is 12.7. The third-order valence-corrected chi connectivity index (χ3v) is 4.19. The van der Waals surface area contributed by atoms with E-state index in [2.05, 4.69) is 6.08 Å². The van der Waals surface area contributed by atoms with Crippen LogP contribution in [0.3, 0.4) is 0 Å². The standard InChI is InChI=1S/C18H26O2/c1-18(19,16-8-6-4-3-5-7-9-16)14-15-10-12-17(20-2)13-11-15/h8,10-13,19H,3-7,9,14H2,1-2H3/b16-8+. The van der Waals surface area contributed by atoms with Crippen LogP contribution in [-0.2, 0) is 6.42 Å². The van der Waals surface area contributed by atoms with Crippen molar-refractivity contribution in [3.05, 3.63) is 41.5 Å². The summed E-state index contributed by atoms with van der Waals surface area (Å²) in [6, 6.07) is 7.99. The van der Waals surface area contributed by atoms with Crippen LogP contribution in [0.2, 0.25) is 0 Å². The molecule has 0 fully saturated rings. The van der Waals surface area contributed by atoms with Crippen molar-refractivity contribution in [3.63, 3.8) is 0 Å². The summed E-state index contributed by atoms with van der Waals surface area (Å²) >= 11 is 0. The van der Waals surface area contributed by atoms with Gasteiger partial charge in [0.2, 0.25) is 0 Å². The lowest BCUT2D eigenvalue weighted by molar-refractivity contribution is 0.0940. The molecule has 1 unspecified atom stereocenters. The molecular weight excluding hydrogens is 248 g/mol. The molecule has 1 aromatic rings. The fourth-order valence-electron chi connectivity index (χ4n) is 2.94. The Morgan fingerprint density at radius 3 is 2.50 bits per heavy atom. The molecule has 0 heterocycles. The molecule has 2 rings (SSSR count). The molecule has 0 saturated carbocycles. The average Bonchev–Trinajstić information content (AvgIpc) is 2.38. The lowest BCUT2D eigenvalue weighted by Crippen LogP contribution is -2.30. The topological polar surface area (TPSA) is 29.5 Å². The predicted molar refractivity (Wildman–Crippen MR) is 83.1 cm³/mol. The number of aliphatic hydroxyl groups is 1. The predicted octanol–water partition coefficient (Wildman–Crippen LogP) is 4.27. The van der Waals surface area contributed by atoms with Crippen LogP contribution in [-0.4, -0.2) is 17.8 Å². The summed E-state index contributed by atoms with van der Waals surface area (Å²) in [5, 5.41) is 10.8. The molecule has 0 amide bonds. The molecule has 0 spiro atoms. The van der Waals surface area contributed by atoms with E-state index in [-0.39, 0.29) is 0 Å². The van der Waals surface area contributed by atoms with Gasteiger partial charge in [0, 0.05) is 6.42 Å². The van der Waals surface area contributed by atoms with E-state index >= 15 is 0 Å². The number of benzene rings is 1. The Morgan fingerprint density at radius 2 is 1.80 bits per heavy atom. The lowest BCUT2D eigenvalue weighted by Gasteiger charge is -2.28. The number of rotatable bonds is 4. The summed E-state index contributed by atoms with van der Waals surface area (Å²) in [6.45, 7) is 1.95. The van der Waals surface area contributed by atoms with E-state index in [1.54, 1.807) is 7.11 Å². The Morgan fingerprint density at radius 1 is 1.10 bits per heavy atom. The first-order valence-electron chi connectivity index (χ1n) is 7.66.